The van der Waals surface area contributed by atoms with Crippen LogP contribution < -0.4 is 5.73 Å². The fourth-order valence-electron chi connectivity index (χ4n) is 1.40. The van der Waals surface area contributed by atoms with Gasteiger partial charge in [-0.25, -0.2) is 9.37 Å². The molecule has 2 aromatic rings. The van der Waals surface area contributed by atoms with Crippen molar-refractivity contribution in [3.8, 4) is 0 Å². The van der Waals surface area contributed by atoms with Gasteiger partial charge < -0.3 is 5.73 Å². The van der Waals surface area contributed by atoms with E-state index in [4.69, 9.17) is 5.73 Å². The molecule has 0 bridgehead atoms. The summed E-state index contributed by atoms with van der Waals surface area (Å²) < 4.78 is 18.6. The number of hydrogen-bond donors (Lipinski definition) is 1. The lowest BCUT2D eigenvalue weighted by Gasteiger charge is -2.11. The van der Waals surface area contributed by atoms with Crippen molar-refractivity contribution in [2.75, 3.05) is 0 Å². The average molecular weight is 269 g/mol. The quantitative estimate of drug-likeness (QED) is 0.930. The monoisotopic (exact) mass is 269 g/mol. The van der Waals surface area contributed by atoms with Gasteiger partial charge in [-0.05, 0) is 37.0 Å². The van der Waals surface area contributed by atoms with Crippen LogP contribution in [0.2, 0.25) is 0 Å². The van der Waals surface area contributed by atoms with Gasteiger partial charge in [0.1, 0.15) is 11.6 Å². The van der Waals surface area contributed by atoms with Crippen LogP contribution in [0.5, 0.6) is 0 Å². The highest BCUT2D eigenvalue weighted by atomic mass is 32.2. The zero-order chi connectivity index (χ0) is 12.4. The second kappa shape index (κ2) is 5.12. The van der Waals surface area contributed by atoms with Gasteiger partial charge in [0.2, 0.25) is 0 Å². The normalized spacial score (nSPS) is 12.7. The molecule has 90 valence electrons. The number of hydrogen-bond acceptors (Lipinski definition) is 5. The molecule has 1 aromatic heterocycles. The molecule has 2 rings (SSSR count). The molecule has 0 saturated heterocycles. The molecular formula is C11H12FN3S2. The SMILES string of the molecule is Cc1nsc(Sc2c(F)cccc2[C@@H](C)N)n1. The topological polar surface area (TPSA) is 51.8 Å². The first-order valence-corrected chi connectivity index (χ1v) is 6.69. The molecule has 0 unspecified atom stereocenters. The Morgan fingerprint density at radius 2 is 2.24 bits per heavy atom. The van der Waals surface area contributed by atoms with Gasteiger partial charge in [-0.1, -0.05) is 23.9 Å². The first-order chi connectivity index (χ1) is 8.08. The predicted octanol–water partition coefficient (Wildman–Crippen LogP) is 3.16. The van der Waals surface area contributed by atoms with Crippen molar-refractivity contribution < 1.29 is 4.39 Å². The molecule has 17 heavy (non-hydrogen) atoms. The summed E-state index contributed by atoms with van der Waals surface area (Å²) in [4.78, 5) is 4.75. The summed E-state index contributed by atoms with van der Waals surface area (Å²) in [6.45, 7) is 3.65. The van der Waals surface area contributed by atoms with Gasteiger partial charge in [-0.3, -0.25) is 0 Å². The molecule has 6 heteroatoms. The van der Waals surface area contributed by atoms with Crippen LogP contribution in [0.15, 0.2) is 27.4 Å². The molecule has 0 spiro atoms. The number of rotatable bonds is 3. The molecule has 1 aromatic carbocycles. The third-order valence-electron chi connectivity index (χ3n) is 2.19. The summed E-state index contributed by atoms with van der Waals surface area (Å²) in [5, 5.41) is 0. The maximum absolute atomic E-state index is 13.8. The van der Waals surface area contributed by atoms with E-state index in [1.54, 1.807) is 6.07 Å². The lowest BCUT2D eigenvalue weighted by Crippen LogP contribution is -2.07. The van der Waals surface area contributed by atoms with Gasteiger partial charge in [0.15, 0.2) is 4.34 Å². The fourth-order valence-corrected chi connectivity index (χ4v) is 3.22. The molecule has 2 N–H and O–H groups in total. The lowest BCUT2D eigenvalue weighted by molar-refractivity contribution is 0.591. The van der Waals surface area contributed by atoms with Crippen LogP contribution in [0.4, 0.5) is 4.39 Å². The Hall–Kier alpha value is -0.980. The van der Waals surface area contributed by atoms with E-state index in [-0.39, 0.29) is 11.9 Å². The molecule has 0 aliphatic heterocycles. The van der Waals surface area contributed by atoms with Gasteiger partial charge >= 0.3 is 0 Å². The number of nitrogens with two attached hydrogens (primary N) is 1. The number of aryl methyl sites for hydroxylation is 1. The van der Waals surface area contributed by atoms with E-state index in [1.165, 1.54) is 29.4 Å². The molecule has 0 radical (unpaired) electrons. The van der Waals surface area contributed by atoms with E-state index in [9.17, 15) is 4.39 Å². The van der Waals surface area contributed by atoms with Crippen LogP contribution in [0.3, 0.4) is 0 Å². The van der Waals surface area contributed by atoms with Gasteiger partial charge in [-0.2, -0.15) is 4.37 Å². The van der Waals surface area contributed by atoms with Crippen molar-refractivity contribution in [3.05, 3.63) is 35.4 Å². The molecule has 1 heterocycles. The Morgan fingerprint density at radius 1 is 1.47 bits per heavy atom. The molecule has 0 amide bonds. The van der Waals surface area contributed by atoms with Crippen LogP contribution in [-0.4, -0.2) is 9.36 Å². The molecule has 0 saturated carbocycles. The first-order valence-electron chi connectivity index (χ1n) is 5.10. The third-order valence-corrected chi connectivity index (χ3v) is 4.16. The van der Waals surface area contributed by atoms with E-state index in [2.05, 4.69) is 9.36 Å². The maximum atomic E-state index is 13.8. The van der Waals surface area contributed by atoms with E-state index in [1.807, 2.05) is 19.9 Å². The zero-order valence-corrected chi connectivity index (χ0v) is 11.1. The van der Waals surface area contributed by atoms with Gasteiger partial charge in [0.25, 0.3) is 0 Å². The lowest BCUT2D eigenvalue weighted by atomic mass is 10.1. The summed E-state index contributed by atoms with van der Waals surface area (Å²) in [6.07, 6.45) is 0. The van der Waals surface area contributed by atoms with Crippen LogP contribution >= 0.6 is 23.3 Å². The number of nitrogens with zero attached hydrogens (tertiary/aromatic N) is 2. The first kappa shape index (κ1) is 12.5. The standard InChI is InChI=1S/C11H12FN3S2/c1-6(13)8-4-3-5-9(12)10(8)16-11-14-7(2)15-17-11/h3-6H,13H2,1-2H3/t6-/m1/s1. The largest absolute Gasteiger partial charge is 0.324 e. The van der Waals surface area contributed by atoms with Crippen molar-refractivity contribution in [2.24, 2.45) is 5.73 Å². The average Bonchev–Trinajstić information content (AvgIpc) is 2.67. The minimum Gasteiger partial charge on any atom is -0.324 e. The Kier molecular flexibility index (Phi) is 3.76. The van der Waals surface area contributed by atoms with Crippen molar-refractivity contribution in [1.29, 1.82) is 0 Å². The van der Waals surface area contributed by atoms with Gasteiger partial charge in [0, 0.05) is 6.04 Å². The van der Waals surface area contributed by atoms with E-state index in [0.717, 1.165) is 9.90 Å². The summed E-state index contributed by atoms with van der Waals surface area (Å²) in [6, 6.07) is 4.73. The summed E-state index contributed by atoms with van der Waals surface area (Å²) in [7, 11) is 0. The Labute approximate surface area is 107 Å². The predicted molar refractivity (Wildman–Crippen MR) is 67.8 cm³/mol. The summed E-state index contributed by atoms with van der Waals surface area (Å²) >= 11 is 2.55. The van der Waals surface area contributed by atoms with Gasteiger partial charge in [0.05, 0.1) is 4.90 Å². The fraction of sp³-hybridized carbons (Fsp3) is 0.273. The molecule has 3 nitrogen and oxygen atoms in total. The minimum atomic E-state index is -0.266. The Morgan fingerprint density at radius 3 is 2.82 bits per heavy atom. The summed E-state index contributed by atoms with van der Waals surface area (Å²) in [5.74, 6) is 0.439. The van der Waals surface area contributed by atoms with E-state index in [0.29, 0.717) is 10.7 Å². The molecule has 1 atom stereocenters. The van der Waals surface area contributed by atoms with Crippen LogP contribution in [-0.2, 0) is 0 Å². The summed E-state index contributed by atoms with van der Waals surface area (Å²) in [5.41, 5.74) is 6.62. The second-order valence-electron chi connectivity index (χ2n) is 3.66. The highest BCUT2D eigenvalue weighted by Gasteiger charge is 2.14. The third kappa shape index (κ3) is 2.83. The number of benzene rings is 1. The van der Waals surface area contributed by atoms with Crippen molar-refractivity contribution in [1.82, 2.24) is 9.36 Å². The smallest absolute Gasteiger partial charge is 0.174 e. The van der Waals surface area contributed by atoms with Gasteiger partial charge in [-0.15, -0.1) is 0 Å². The minimum absolute atomic E-state index is 0.206. The number of aromatic nitrogens is 2. The van der Waals surface area contributed by atoms with Crippen LogP contribution in [0.1, 0.15) is 24.4 Å². The van der Waals surface area contributed by atoms with Crippen molar-refractivity contribution >= 4 is 23.3 Å². The molecule has 0 aliphatic carbocycles. The van der Waals surface area contributed by atoms with Crippen molar-refractivity contribution in [2.45, 2.75) is 29.1 Å². The Bertz CT molecular complexity index is 525. The zero-order valence-electron chi connectivity index (χ0n) is 9.48. The molecule has 0 fully saturated rings. The maximum Gasteiger partial charge on any atom is 0.174 e. The molecular weight excluding hydrogens is 257 g/mol. The van der Waals surface area contributed by atoms with E-state index >= 15 is 0 Å². The van der Waals surface area contributed by atoms with E-state index < -0.39 is 0 Å². The second-order valence-corrected chi connectivity index (χ2v) is 5.67. The Balaban J connectivity index is 2.37. The van der Waals surface area contributed by atoms with Crippen molar-refractivity contribution in [3.63, 3.8) is 0 Å². The van der Waals surface area contributed by atoms with Crippen LogP contribution in [0.25, 0.3) is 0 Å². The van der Waals surface area contributed by atoms with Crippen LogP contribution in [0, 0.1) is 12.7 Å². The highest BCUT2D eigenvalue weighted by molar-refractivity contribution is 8.01. The number of halogens is 1. The highest BCUT2D eigenvalue weighted by Crippen LogP contribution is 2.35. The molecule has 0 aliphatic rings.